The van der Waals surface area contributed by atoms with Gasteiger partial charge < -0.3 is 15.2 Å². The zero-order valence-corrected chi connectivity index (χ0v) is 20.6. The van der Waals surface area contributed by atoms with E-state index in [4.69, 9.17) is 4.74 Å². The number of carbonyl (C=O) groups excluding carboxylic acids is 1. The molecule has 0 aromatic heterocycles. The lowest BCUT2D eigenvalue weighted by molar-refractivity contribution is -0.149. The van der Waals surface area contributed by atoms with Gasteiger partial charge in [-0.15, -0.1) is 0 Å². The van der Waals surface area contributed by atoms with Crippen molar-refractivity contribution in [2.75, 3.05) is 13.2 Å². The van der Waals surface area contributed by atoms with Gasteiger partial charge in [0.2, 0.25) is 0 Å². The van der Waals surface area contributed by atoms with Gasteiger partial charge in [0, 0.05) is 0 Å². The number of hydrogen-bond donors (Lipinski definition) is 2. The number of esters is 1. The minimum atomic E-state index is -0.976. The number of carbonyl (C=O) groups is 2. The molecule has 2 N–H and O–H groups in total. The third kappa shape index (κ3) is 21.9. The Hall–Kier alpha value is -1.10. The summed E-state index contributed by atoms with van der Waals surface area (Å²) in [7, 11) is 0. The second-order valence-electron chi connectivity index (χ2n) is 8.93. The third-order valence-electron chi connectivity index (χ3n) is 5.85. The average Bonchev–Trinajstić information content (AvgIpc) is 2.75. The maximum absolute atomic E-state index is 12.0. The van der Waals surface area contributed by atoms with Crippen molar-refractivity contribution in [3.63, 3.8) is 0 Å². The SMILES string of the molecule is CCCCCCCCCCCNC(CC(=O)OCCCCCCCCCCC)C(=O)O. The Kier molecular flexibility index (Phi) is 22.7. The van der Waals surface area contributed by atoms with E-state index in [2.05, 4.69) is 19.2 Å². The topological polar surface area (TPSA) is 75.6 Å². The van der Waals surface area contributed by atoms with Gasteiger partial charge in [-0.25, -0.2) is 0 Å². The fourth-order valence-electron chi connectivity index (χ4n) is 3.78. The maximum atomic E-state index is 12.0. The molecule has 0 fully saturated rings. The molecule has 184 valence electrons. The zero-order valence-electron chi connectivity index (χ0n) is 20.6. The van der Waals surface area contributed by atoms with E-state index in [0.29, 0.717) is 13.2 Å². The monoisotopic (exact) mass is 441 g/mol. The van der Waals surface area contributed by atoms with Crippen LogP contribution in [0.5, 0.6) is 0 Å². The Bertz CT molecular complexity index is 414. The van der Waals surface area contributed by atoms with Crippen LogP contribution in [0.15, 0.2) is 0 Å². The van der Waals surface area contributed by atoms with Crippen molar-refractivity contribution < 1.29 is 19.4 Å². The van der Waals surface area contributed by atoms with Gasteiger partial charge in [0.05, 0.1) is 13.0 Å². The summed E-state index contributed by atoms with van der Waals surface area (Å²) < 4.78 is 5.24. The molecule has 0 spiro atoms. The standard InChI is InChI=1S/C26H51NO4/c1-3-5-7-9-11-13-15-17-19-21-27-24(26(29)30)23-25(28)31-22-20-18-16-14-12-10-8-6-4-2/h24,27H,3-23H2,1-2H3,(H,29,30). The lowest BCUT2D eigenvalue weighted by atomic mass is 10.1. The number of rotatable bonds is 24. The molecule has 0 saturated heterocycles. The zero-order chi connectivity index (χ0) is 23.0. The molecular formula is C26H51NO4. The van der Waals surface area contributed by atoms with E-state index in [9.17, 15) is 14.7 Å². The smallest absolute Gasteiger partial charge is 0.321 e. The summed E-state index contributed by atoms with van der Waals surface area (Å²) in [6.45, 7) is 5.50. The van der Waals surface area contributed by atoms with E-state index in [1.54, 1.807) is 0 Å². The summed E-state index contributed by atoms with van der Waals surface area (Å²) in [4.78, 5) is 23.3. The second kappa shape index (κ2) is 23.6. The molecule has 0 heterocycles. The fraction of sp³-hybridized carbons (Fsp3) is 0.923. The number of ether oxygens (including phenoxy) is 1. The van der Waals surface area contributed by atoms with Crippen LogP contribution in [0.25, 0.3) is 0 Å². The van der Waals surface area contributed by atoms with Crippen molar-refractivity contribution in [2.24, 2.45) is 0 Å². The van der Waals surface area contributed by atoms with Crippen LogP contribution in [0.2, 0.25) is 0 Å². The van der Waals surface area contributed by atoms with Crippen LogP contribution in [-0.2, 0) is 14.3 Å². The average molecular weight is 442 g/mol. The van der Waals surface area contributed by atoms with Crippen LogP contribution in [-0.4, -0.2) is 36.2 Å². The van der Waals surface area contributed by atoms with Crippen molar-refractivity contribution in [1.29, 1.82) is 0 Å². The molecule has 0 aromatic rings. The summed E-state index contributed by atoms with van der Waals surface area (Å²) in [5.41, 5.74) is 0. The van der Waals surface area contributed by atoms with Gasteiger partial charge in [0.25, 0.3) is 0 Å². The first-order valence-corrected chi connectivity index (χ1v) is 13.2. The van der Waals surface area contributed by atoms with Crippen molar-refractivity contribution >= 4 is 11.9 Å². The minimum absolute atomic E-state index is 0.0931. The molecule has 0 aliphatic rings. The molecule has 0 amide bonds. The third-order valence-corrected chi connectivity index (χ3v) is 5.85. The summed E-state index contributed by atoms with van der Waals surface area (Å²) >= 11 is 0. The summed E-state index contributed by atoms with van der Waals surface area (Å²) in [5, 5.41) is 12.3. The predicted octanol–water partition coefficient (Wildman–Crippen LogP) is 7.02. The first-order valence-electron chi connectivity index (χ1n) is 13.2. The lowest BCUT2D eigenvalue weighted by Gasteiger charge is -2.14. The maximum Gasteiger partial charge on any atom is 0.321 e. The molecule has 31 heavy (non-hydrogen) atoms. The highest BCUT2D eigenvalue weighted by Crippen LogP contribution is 2.11. The van der Waals surface area contributed by atoms with E-state index < -0.39 is 18.0 Å². The molecular weight excluding hydrogens is 390 g/mol. The molecule has 0 aromatic carbocycles. The Labute approximate surface area is 192 Å². The van der Waals surface area contributed by atoms with Gasteiger partial charge in [0.15, 0.2) is 0 Å². The van der Waals surface area contributed by atoms with Crippen LogP contribution < -0.4 is 5.32 Å². The number of aliphatic carboxylic acids is 1. The first kappa shape index (κ1) is 29.9. The van der Waals surface area contributed by atoms with Gasteiger partial charge in [-0.05, 0) is 19.4 Å². The van der Waals surface area contributed by atoms with Gasteiger partial charge in [-0.2, -0.15) is 0 Å². The van der Waals surface area contributed by atoms with Crippen LogP contribution in [0.1, 0.15) is 136 Å². The number of unbranched alkanes of at least 4 members (excludes halogenated alkanes) is 16. The summed E-state index contributed by atoms with van der Waals surface area (Å²) in [5.74, 6) is -1.39. The number of hydrogen-bond acceptors (Lipinski definition) is 4. The van der Waals surface area contributed by atoms with Gasteiger partial charge in [0.1, 0.15) is 6.04 Å². The Morgan fingerprint density at radius 1 is 0.677 bits per heavy atom. The van der Waals surface area contributed by atoms with E-state index in [1.807, 2.05) is 0 Å². The first-order chi connectivity index (χ1) is 15.1. The number of carboxylic acids is 1. The highest BCUT2D eigenvalue weighted by atomic mass is 16.5. The van der Waals surface area contributed by atoms with E-state index in [-0.39, 0.29) is 6.42 Å². The molecule has 0 aliphatic carbocycles. The van der Waals surface area contributed by atoms with E-state index in [0.717, 1.165) is 25.7 Å². The fourth-order valence-corrected chi connectivity index (χ4v) is 3.78. The van der Waals surface area contributed by atoms with Gasteiger partial charge in [-0.3, -0.25) is 9.59 Å². The largest absolute Gasteiger partial charge is 0.480 e. The molecule has 0 aliphatic heterocycles. The highest BCUT2D eigenvalue weighted by molar-refractivity contribution is 5.81. The molecule has 0 saturated carbocycles. The van der Waals surface area contributed by atoms with Crippen molar-refractivity contribution in [3.8, 4) is 0 Å². The van der Waals surface area contributed by atoms with Crippen molar-refractivity contribution in [1.82, 2.24) is 5.32 Å². The van der Waals surface area contributed by atoms with Crippen molar-refractivity contribution in [3.05, 3.63) is 0 Å². The Balaban J connectivity index is 3.62. The number of carboxylic acid groups (broad SMARTS) is 1. The second-order valence-corrected chi connectivity index (χ2v) is 8.93. The van der Waals surface area contributed by atoms with E-state index >= 15 is 0 Å². The number of nitrogens with one attached hydrogen (secondary N) is 1. The molecule has 0 radical (unpaired) electrons. The molecule has 1 unspecified atom stereocenters. The van der Waals surface area contributed by atoms with Crippen LogP contribution in [0, 0.1) is 0 Å². The highest BCUT2D eigenvalue weighted by Gasteiger charge is 2.21. The predicted molar refractivity (Wildman–Crippen MR) is 129 cm³/mol. The molecule has 5 nitrogen and oxygen atoms in total. The van der Waals surface area contributed by atoms with Crippen LogP contribution >= 0.6 is 0 Å². The minimum Gasteiger partial charge on any atom is -0.480 e. The normalized spacial score (nSPS) is 12.1. The Morgan fingerprint density at radius 2 is 1.10 bits per heavy atom. The van der Waals surface area contributed by atoms with Crippen molar-refractivity contribution in [2.45, 2.75) is 142 Å². The quantitative estimate of drug-likeness (QED) is 0.124. The summed E-state index contributed by atoms with van der Waals surface area (Å²) in [6, 6.07) is -0.843. The van der Waals surface area contributed by atoms with E-state index in [1.165, 1.54) is 89.9 Å². The Morgan fingerprint density at radius 3 is 1.55 bits per heavy atom. The van der Waals surface area contributed by atoms with Crippen LogP contribution in [0.4, 0.5) is 0 Å². The van der Waals surface area contributed by atoms with Crippen LogP contribution in [0.3, 0.4) is 0 Å². The van der Waals surface area contributed by atoms with Gasteiger partial charge in [-0.1, -0.05) is 117 Å². The lowest BCUT2D eigenvalue weighted by Crippen LogP contribution is -2.39. The molecule has 0 bridgehead atoms. The molecule has 0 rings (SSSR count). The molecule has 5 heteroatoms. The molecule has 1 atom stereocenters. The summed E-state index contributed by atoms with van der Waals surface area (Å²) in [6.07, 6.45) is 22.0. The van der Waals surface area contributed by atoms with Gasteiger partial charge >= 0.3 is 11.9 Å².